The number of thioether (sulfide) groups is 2. The van der Waals surface area contributed by atoms with E-state index in [0.29, 0.717) is 0 Å². The molecule has 1 aliphatic rings. The Morgan fingerprint density at radius 1 is 1.16 bits per heavy atom. The first-order valence-electron chi connectivity index (χ1n) is 8.24. The Morgan fingerprint density at radius 2 is 2.00 bits per heavy atom. The van der Waals surface area contributed by atoms with Crippen LogP contribution >= 0.6 is 23.5 Å². The zero-order chi connectivity index (χ0) is 13.9. The van der Waals surface area contributed by atoms with Crippen molar-refractivity contribution in [2.24, 2.45) is 5.92 Å². The van der Waals surface area contributed by atoms with E-state index in [1.807, 2.05) is 0 Å². The Hall–Kier alpha value is 0.660. The predicted molar refractivity (Wildman–Crippen MR) is 93.6 cm³/mol. The van der Waals surface area contributed by atoms with Gasteiger partial charge in [0.25, 0.3) is 0 Å². The fraction of sp³-hybridized carbons (Fsp3) is 1.00. The van der Waals surface area contributed by atoms with E-state index in [1.165, 1.54) is 62.3 Å². The van der Waals surface area contributed by atoms with Gasteiger partial charge >= 0.3 is 0 Å². The summed E-state index contributed by atoms with van der Waals surface area (Å²) in [5.41, 5.74) is 0. The van der Waals surface area contributed by atoms with Crippen LogP contribution in [0, 0.1) is 5.92 Å². The first kappa shape index (κ1) is 17.7. The highest BCUT2D eigenvalue weighted by Gasteiger charge is 2.26. The monoisotopic (exact) mass is 303 g/mol. The lowest BCUT2D eigenvalue weighted by Gasteiger charge is -2.33. The molecular formula is C16H33NS2. The molecule has 1 rings (SSSR count). The van der Waals surface area contributed by atoms with Crippen molar-refractivity contribution < 1.29 is 0 Å². The largest absolute Gasteiger partial charge is 0.313 e. The molecule has 0 aromatic rings. The zero-order valence-corrected chi connectivity index (χ0v) is 14.8. The second kappa shape index (κ2) is 11.3. The van der Waals surface area contributed by atoms with Crippen LogP contribution in [0.1, 0.15) is 59.3 Å². The maximum atomic E-state index is 3.85. The molecule has 1 fully saturated rings. The van der Waals surface area contributed by atoms with Gasteiger partial charge in [-0.1, -0.05) is 46.5 Å². The van der Waals surface area contributed by atoms with Crippen molar-refractivity contribution in [3.63, 3.8) is 0 Å². The molecule has 0 aromatic heterocycles. The van der Waals surface area contributed by atoms with Gasteiger partial charge in [0.05, 0.1) is 0 Å². The lowest BCUT2D eigenvalue weighted by molar-refractivity contribution is 0.348. The second-order valence-corrected chi connectivity index (χ2v) is 8.19. The lowest BCUT2D eigenvalue weighted by atomic mass is 9.91. The Morgan fingerprint density at radius 3 is 2.58 bits per heavy atom. The van der Waals surface area contributed by atoms with Gasteiger partial charge in [-0.15, -0.1) is 0 Å². The third-order valence-corrected chi connectivity index (χ3v) is 7.00. The van der Waals surface area contributed by atoms with Crippen molar-refractivity contribution >= 4 is 23.5 Å². The minimum atomic E-state index is 0.750. The van der Waals surface area contributed by atoms with Crippen molar-refractivity contribution in [2.75, 3.05) is 23.8 Å². The van der Waals surface area contributed by atoms with Gasteiger partial charge in [-0.25, -0.2) is 0 Å². The molecule has 3 unspecified atom stereocenters. The highest BCUT2D eigenvalue weighted by molar-refractivity contribution is 8.06. The molecule has 0 amide bonds. The molecule has 0 saturated carbocycles. The lowest BCUT2D eigenvalue weighted by Crippen LogP contribution is -2.42. The van der Waals surface area contributed by atoms with Gasteiger partial charge in [-0.2, -0.15) is 23.5 Å². The van der Waals surface area contributed by atoms with Gasteiger partial charge in [0, 0.05) is 28.6 Å². The van der Waals surface area contributed by atoms with E-state index in [9.17, 15) is 0 Å². The first-order valence-corrected chi connectivity index (χ1v) is 10.4. The first-order chi connectivity index (χ1) is 9.31. The average molecular weight is 304 g/mol. The summed E-state index contributed by atoms with van der Waals surface area (Å²) in [6.07, 6.45) is 8.20. The summed E-state index contributed by atoms with van der Waals surface area (Å²) in [6.45, 7) is 8.16. The number of hydrogen-bond donors (Lipinski definition) is 1. The Bertz CT molecular complexity index is 205. The van der Waals surface area contributed by atoms with Gasteiger partial charge in [-0.3, -0.25) is 0 Å². The molecule has 1 heterocycles. The quantitative estimate of drug-likeness (QED) is 0.622. The fourth-order valence-electron chi connectivity index (χ4n) is 2.78. The second-order valence-electron chi connectivity index (χ2n) is 5.70. The molecule has 3 heteroatoms. The normalized spacial score (nSPS) is 23.2. The van der Waals surface area contributed by atoms with Crippen LogP contribution in [0.25, 0.3) is 0 Å². The smallest absolute Gasteiger partial charge is 0.0292 e. The van der Waals surface area contributed by atoms with Crippen LogP contribution in [0.4, 0.5) is 0 Å². The number of unbranched alkanes of at least 4 members (excludes halogenated alkanes) is 1. The van der Waals surface area contributed by atoms with E-state index in [0.717, 1.165) is 17.2 Å². The third-order valence-electron chi connectivity index (χ3n) is 4.08. The third kappa shape index (κ3) is 7.29. The Balaban J connectivity index is 2.45. The Labute approximate surface area is 129 Å². The van der Waals surface area contributed by atoms with E-state index in [1.54, 1.807) is 0 Å². The van der Waals surface area contributed by atoms with Crippen LogP contribution < -0.4 is 5.32 Å². The molecule has 1 aliphatic heterocycles. The molecule has 1 nitrogen and oxygen atoms in total. The molecule has 1 saturated heterocycles. The molecule has 19 heavy (non-hydrogen) atoms. The van der Waals surface area contributed by atoms with Crippen LogP contribution in [-0.4, -0.2) is 35.1 Å². The van der Waals surface area contributed by atoms with Gasteiger partial charge in [0.15, 0.2) is 0 Å². The summed E-state index contributed by atoms with van der Waals surface area (Å²) >= 11 is 4.37. The minimum Gasteiger partial charge on any atom is -0.313 e. The molecule has 1 N–H and O–H groups in total. The van der Waals surface area contributed by atoms with E-state index in [-0.39, 0.29) is 0 Å². The van der Waals surface area contributed by atoms with Crippen LogP contribution in [0.2, 0.25) is 0 Å². The van der Waals surface area contributed by atoms with Crippen molar-refractivity contribution in [1.29, 1.82) is 0 Å². The number of hydrogen-bond acceptors (Lipinski definition) is 3. The molecule has 114 valence electrons. The van der Waals surface area contributed by atoms with Crippen molar-refractivity contribution in [3.8, 4) is 0 Å². The average Bonchev–Trinajstić information content (AvgIpc) is 2.47. The van der Waals surface area contributed by atoms with Gasteiger partial charge in [0.2, 0.25) is 0 Å². The number of rotatable bonds is 10. The summed E-state index contributed by atoms with van der Waals surface area (Å²) in [5, 5.41) is 4.69. The summed E-state index contributed by atoms with van der Waals surface area (Å²) < 4.78 is 0. The topological polar surface area (TPSA) is 12.0 Å². The van der Waals surface area contributed by atoms with Crippen molar-refractivity contribution in [1.82, 2.24) is 5.32 Å². The maximum absolute atomic E-state index is 3.85. The molecular weight excluding hydrogens is 270 g/mol. The van der Waals surface area contributed by atoms with Gasteiger partial charge in [-0.05, 0) is 25.3 Å². The van der Waals surface area contributed by atoms with Crippen LogP contribution in [0.3, 0.4) is 0 Å². The zero-order valence-electron chi connectivity index (χ0n) is 13.1. The predicted octanol–water partition coefficient (Wildman–Crippen LogP) is 4.81. The van der Waals surface area contributed by atoms with E-state index < -0.39 is 0 Å². The van der Waals surface area contributed by atoms with Gasteiger partial charge < -0.3 is 5.32 Å². The van der Waals surface area contributed by atoms with Crippen molar-refractivity contribution in [2.45, 2.75) is 70.6 Å². The summed E-state index contributed by atoms with van der Waals surface area (Å²) in [6, 6.07) is 0.750. The summed E-state index contributed by atoms with van der Waals surface area (Å²) in [4.78, 5) is 0. The Kier molecular flexibility index (Phi) is 10.6. The molecule has 0 aliphatic carbocycles. The maximum Gasteiger partial charge on any atom is 0.0292 e. The van der Waals surface area contributed by atoms with Crippen LogP contribution in [0.15, 0.2) is 0 Å². The minimum absolute atomic E-state index is 0.750. The van der Waals surface area contributed by atoms with Crippen LogP contribution in [0.5, 0.6) is 0 Å². The summed E-state index contributed by atoms with van der Waals surface area (Å²) in [5.74, 6) is 5.00. The highest BCUT2D eigenvalue weighted by atomic mass is 32.2. The molecule has 0 bridgehead atoms. The van der Waals surface area contributed by atoms with Gasteiger partial charge in [0.1, 0.15) is 0 Å². The standard InChI is InChI=1S/C16H33NS2/c1-4-7-8-14(6-3)12-15(17-9-5-2)16-13-18-10-11-19-16/h14-17H,4-13H2,1-3H3. The van der Waals surface area contributed by atoms with Crippen LogP contribution in [-0.2, 0) is 0 Å². The SMILES string of the molecule is CCCCC(CC)CC(NCCC)C1CSCCS1. The molecule has 0 aromatic carbocycles. The molecule has 0 spiro atoms. The van der Waals surface area contributed by atoms with E-state index in [4.69, 9.17) is 0 Å². The van der Waals surface area contributed by atoms with Crippen molar-refractivity contribution in [3.05, 3.63) is 0 Å². The number of nitrogens with one attached hydrogen (secondary N) is 1. The molecule has 0 radical (unpaired) electrons. The van der Waals surface area contributed by atoms with E-state index in [2.05, 4.69) is 49.6 Å². The highest BCUT2D eigenvalue weighted by Crippen LogP contribution is 2.30. The fourth-order valence-corrected chi connectivity index (χ4v) is 5.68. The summed E-state index contributed by atoms with van der Waals surface area (Å²) in [7, 11) is 0. The van der Waals surface area contributed by atoms with E-state index >= 15 is 0 Å². The molecule has 3 atom stereocenters.